The highest BCUT2D eigenvalue weighted by Gasteiger charge is 1.97. The lowest BCUT2D eigenvalue weighted by molar-refractivity contribution is -0.254. The fraction of sp³-hybridized carbons (Fsp3) is 0. The molecule has 0 atom stereocenters. The largest absolute Gasteiger partial charge is 0.545 e. The van der Waals surface area contributed by atoms with E-state index in [1.807, 2.05) is 0 Å². The molecule has 0 fully saturated rings. The van der Waals surface area contributed by atoms with Crippen LogP contribution in [0.1, 0.15) is 10.4 Å². The van der Waals surface area contributed by atoms with E-state index >= 15 is 0 Å². The second kappa shape index (κ2) is 2.96. The van der Waals surface area contributed by atoms with Crippen molar-refractivity contribution < 1.29 is 9.90 Å². The van der Waals surface area contributed by atoms with Crippen LogP contribution in [0.15, 0.2) is 29.3 Å². The van der Waals surface area contributed by atoms with Gasteiger partial charge in [0.25, 0.3) is 0 Å². The predicted molar refractivity (Wildman–Crippen MR) is 40.0 cm³/mol. The van der Waals surface area contributed by atoms with Gasteiger partial charge >= 0.3 is 0 Å². The highest BCUT2D eigenvalue weighted by Crippen LogP contribution is 2.16. The lowest BCUT2D eigenvalue weighted by atomic mass is 10.2. The molecule has 0 bridgehead atoms. The zero-order valence-corrected chi connectivity index (χ0v) is 5.78. The van der Waals surface area contributed by atoms with Gasteiger partial charge in [0, 0.05) is 5.56 Å². The quantitative estimate of drug-likeness (QED) is 0.569. The average Bonchev–Trinajstić information content (AvgIpc) is 2.04. The number of benzene rings is 1. The molecule has 0 radical (unpaired) electrons. The fourth-order valence-corrected chi connectivity index (χ4v) is 0.784. The molecule has 0 N–H and O–H groups in total. The molecule has 1 aromatic rings. The number of hydrogen-bond donors (Lipinski definition) is 0. The van der Waals surface area contributed by atoms with Crippen LogP contribution in [0.3, 0.4) is 0 Å². The molecule has 0 saturated carbocycles. The zero-order chi connectivity index (χ0) is 8.27. The number of carbonyl (C=O) groups is 1. The minimum Gasteiger partial charge on any atom is -0.545 e. The normalized spacial score (nSPS) is 9.09. The van der Waals surface area contributed by atoms with E-state index in [9.17, 15) is 9.90 Å². The van der Waals surface area contributed by atoms with Crippen LogP contribution >= 0.6 is 0 Å². The summed E-state index contributed by atoms with van der Waals surface area (Å²) in [6.07, 6.45) is 0. The van der Waals surface area contributed by atoms with E-state index in [0.29, 0.717) is 5.69 Å². The second-order valence-corrected chi connectivity index (χ2v) is 1.96. The van der Waals surface area contributed by atoms with Crippen molar-refractivity contribution in [3.8, 4) is 0 Å². The van der Waals surface area contributed by atoms with Crippen molar-refractivity contribution in [3.63, 3.8) is 0 Å². The molecular weight excluding hydrogens is 142 g/mol. The molecule has 3 heteroatoms. The maximum absolute atomic E-state index is 10.4. The van der Waals surface area contributed by atoms with Crippen molar-refractivity contribution in [2.45, 2.75) is 0 Å². The first kappa shape index (κ1) is 7.47. The Kier molecular flexibility index (Phi) is 2.01. The molecule has 0 aliphatic heterocycles. The van der Waals surface area contributed by atoms with Gasteiger partial charge in [-0.15, -0.1) is 0 Å². The SMILES string of the molecule is C=Nc1ccccc1C(=O)[O-]. The maximum atomic E-state index is 10.4. The van der Waals surface area contributed by atoms with Gasteiger partial charge in [0.2, 0.25) is 0 Å². The maximum Gasteiger partial charge on any atom is 0.0737 e. The highest BCUT2D eigenvalue weighted by atomic mass is 16.4. The highest BCUT2D eigenvalue weighted by molar-refractivity contribution is 5.92. The number of hydrogen-bond acceptors (Lipinski definition) is 3. The van der Waals surface area contributed by atoms with Crippen LogP contribution in [0.5, 0.6) is 0 Å². The minimum absolute atomic E-state index is 0.0718. The zero-order valence-electron chi connectivity index (χ0n) is 5.78. The van der Waals surface area contributed by atoms with Crippen molar-refractivity contribution in [1.82, 2.24) is 0 Å². The molecule has 1 rings (SSSR count). The number of para-hydroxylation sites is 1. The molecule has 3 nitrogen and oxygen atoms in total. The minimum atomic E-state index is -1.23. The van der Waals surface area contributed by atoms with Gasteiger partial charge < -0.3 is 9.90 Å². The van der Waals surface area contributed by atoms with Crippen molar-refractivity contribution >= 4 is 18.4 Å². The molecule has 0 spiro atoms. The number of carboxylic acid groups (broad SMARTS) is 1. The average molecular weight is 148 g/mol. The molecule has 0 aliphatic carbocycles. The molecule has 0 aliphatic rings. The van der Waals surface area contributed by atoms with Crippen molar-refractivity contribution in [3.05, 3.63) is 29.8 Å². The van der Waals surface area contributed by atoms with E-state index in [1.165, 1.54) is 6.07 Å². The first-order valence-corrected chi connectivity index (χ1v) is 3.03. The molecule has 0 aromatic heterocycles. The summed E-state index contributed by atoms with van der Waals surface area (Å²) in [5.74, 6) is -1.23. The van der Waals surface area contributed by atoms with E-state index < -0.39 is 5.97 Å². The van der Waals surface area contributed by atoms with Crippen molar-refractivity contribution in [1.29, 1.82) is 0 Å². The summed E-state index contributed by atoms with van der Waals surface area (Å²) < 4.78 is 0. The first-order chi connectivity index (χ1) is 5.25. The lowest BCUT2D eigenvalue weighted by Gasteiger charge is -2.03. The molecule has 1 aromatic carbocycles. The monoisotopic (exact) mass is 148 g/mol. The molecular formula is C8H6NO2-. The van der Waals surface area contributed by atoms with Crippen LogP contribution in [-0.2, 0) is 0 Å². The van der Waals surface area contributed by atoms with Gasteiger partial charge in [-0.3, -0.25) is 4.99 Å². The van der Waals surface area contributed by atoms with Crippen LogP contribution < -0.4 is 5.11 Å². The van der Waals surface area contributed by atoms with Gasteiger partial charge in [0.05, 0.1) is 11.7 Å². The molecule has 0 saturated heterocycles. The smallest absolute Gasteiger partial charge is 0.0737 e. The summed E-state index contributed by atoms with van der Waals surface area (Å²) in [5, 5.41) is 10.4. The summed E-state index contributed by atoms with van der Waals surface area (Å²) >= 11 is 0. The Hall–Kier alpha value is -1.64. The van der Waals surface area contributed by atoms with E-state index in [-0.39, 0.29) is 5.56 Å². The van der Waals surface area contributed by atoms with E-state index in [1.54, 1.807) is 18.2 Å². The van der Waals surface area contributed by atoms with Crippen molar-refractivity contribution in [2.75, 3.05) is 0 Å². The van der Waals surface area contributed by atoms with E-state index in [0.717, 1.165) is 0 Å². The Balaban J connectivity index is 3.22. The number of carbonyl (C=O) groups excluding carboxylic acids is 1. The summed E-state index contributed by atoms with van der Waals surface area (Å²) in [4.78, 5) is 13.9. The number of carboxylic acids is 1. The Morgan fingerprint density at radius 3 is 2.55 bits per heavy atom. The van der Waals surface area contributed by atoms with Gasteiger partial charge in [0.1, 0.15) is 0 Å². The number of aromatic carboxylic acids is 1. The summed E-state index contributed by atoms with van der Waals surface area (Å²) in [5.41, 5.74) is 0.412. The fourth-order valence-electron chi connectivity index (χ4n) is 0.784. The third-order valence-electron chi connectivity index (χ3n) is 1.29. The van der Waals surface area contributed by atoms with Gasteiger partial charge in [-0.25, -0.2) is 0 Å². The third-order valence-corrected chi connectivity index (χ3v) is 1.29. The van der Waals surface area contributed by atoms with Gasteiger partial charge in [-0.2, -0.15) is 0 Å². The Bertz CT molecular complexity index is 294. The van der Waals surface area contributed by atoms with Gasteiger partial charge in [0.15, 0.2) is 0 Å². The predicted octanol–water partition coefficient (Wildman–Crippen LogP) is 0.382. The van der Waals surface area contributed by atoms with Crippen LogP contribution in [0.4, 0.5) is 5.69 Å². The molecule has 0 heterocycles. The van der Waals surface area contributed by atoms with Crippen molar-refractivity contribution in [2.24, 2.45) is 4.99 Å². The summed E-state index contributed by atoms with van der Waals surface area (Å²) in [6.45, 7) is 3.23. The number of rotatable bonds is 2. The molecule has 0 amide bonds. The van der Waals surface area contributed by atoms with E-state index in [2.05, 4.69) is 11.7 Å². The Morgan fingerprint density at radius 1 is 1.45 bits per heavy atom. The topological polar surface area (TPSA) is 52.5 Å². The van der Waals surface area contributed by atoms with Gasteiger partial charge in [-0.05, 0) is 12.8 Å². The van der Waals surface area contributed by atoms with E-state index in [4.69, 9.17) is 0 Å². The summed E-state index contributed by atoms with van der Waals surface area (Å²) in [6, 6.07) is 6.30. The van der Waals surface area contributed by atoms with Crippen LogP contribution in [0, 0.1) is 0 Å². The first-order valence-electron chi connectivity index (χ1n) is 3.03. The summed E-state index contributed by atoms with van der Waals surface area (Å²) in [7, 11) is 0. The molecule has 11 heavy (non-hydrogen) atoms. The molecule has 0 unspecified atom stereocenters. The van der Waals surface area contributed by atoms with Crippen LogP contribution in [-0.4, -0.2) is 12.7 Å². The molecule has 56 valence electrons. The Labute approximate surface area is 64.0 Å². The number of aliphatic imine (C=N–C) groups is 1. The van der Waals surface area contributed by atoms with Crippen LogP contribution in [0.25, 0.3) is 0 Å². The Morgan fingerprint density at radius 2 is 2.09 bits per heavy atom. The van der Waals surface area contributed by atoms with Gasteiger partial charge in [-0.1, -0.05) is 18.2 Å². The van der Waals surface area contributed by atoms with Crippen LogP contribution in [0.2, 0.25) is 0 Å². The second-order valence-electron chi connectivity index (χ2n) is 1.96. The number of nitrogens with zero attached hydrogens (tertiary/aromatic N) is 1. The lowest BCUT2D eigenvalue weighted by Crippen LogP contribution is -2.22. The third kappa shape index (κ3) is 1.43. The standard InChI is InChI=1S/C8H7NO2/c1-9-7-5-3-2-4-6(7)8(10)11/h2-5H,1H2,(H,10,11)/p-1.